The van der Waals surface area contributed by atoms with Crippen LogP contribution < -0.4 is 10.6 Å². The van der Waals surface area contributed by atoms with E-state index in [1.165, 1.54) is 19.3 Å². The van der Waals surface area contributed by atoms with Crippen molar-refractivity contribution < 1.29 is 14.7 Å². The van der Waals surface area contributed by atoms with E-state index in [0.29, 0.717) is 30.2 Å². The van der Waals surface area contributed by atoms with Gasteiger partial charge < -0.3 is 15.7 Å². The highest BCUT2D eigenvalue weighted by atomic mass is 16.4. The SMILES string of the molecule is CC(C)CC(CNC(=O)NC1C2C3CCC(C3)C12)C(=O)O. The zero-order valence-electron chi connectivity index (χ0n) is 12.8. The Morgan fingerprint density at radius 3 is 2.33 bits per heavy atom. The van der Waals surface area contributed by atoms with Gasteiger partial charge in [-0.2, -0.15) is 0 Å². The third-order valence-electron chi connectivity index (χ3n) is 5.65. The Morgan fingerprint density at radius 2 is 1.81 bits per heavy atom. The van der Waals surface area contributed by atoms with Gasteiger partial charge in [-0.15, -0.1) is 0 Å². The van der Waals surface area contributed by atoms with Gasteiger partial charge in [0.25, 0.3) is 0 Å². The van der Waals surface area contributed by atoms with Crippen LogP contribution in [0.25, 0.3) is 0 Å². The number of hydrogen-bond acceptors (Lipinski definition) is 2. The van der Waals surface area contributed by atoms with Crippen LogP contribution in [0.3, 0.4) is 0 Å². The van der Waals surface area contributed by atoms with Gasteiger partial charge in [0.2, 0.25) is 0 Å². The molecule has 0 saturated heterocycles. The van der Waals surface area contributed by atoms with E-state index < -0.39 is 11.9 Å². The Bertz CT molecular complexity index is 421. The maximum absolute atomic E-state index is 12.0. The Labute approximate surface area is 125 Å². The summed E-state index contributed by atoms with van der Waals surface area (Å²) in [7, 11) is 0. The van der Waals surface area contributed by atoms with Gasteiger partial charge in [0.15, 0.2) is 0 Å². The van der Waals surface area contributed by atoms with E-state index >= 15 is 0 Å². The van der Waals surface area contributed by atoms with E-state index in [0.717, 1.165) is 11.8 Å². The van der Waals surface area contributed by atoms with Gasteiger partial charge >= 0.3 is 12.0 Å². The molecule has 5 atom stereocenters. The minimum atomic E-state index is -0.828. The Kier molecular flexibility index (Phi) is 3.84. The van der Waals surface area contributed by atoms with E-state index in [1.54, 1.807) is 0 Å². The summed E-state index contributed by atoms with van der Waals surface area (Å²) >= 11 is 0. The molecular weight excluding hydrogens is 268 g/mol. The third kappa shape index (κ3) is 2.87. The predicted molar refractivity (Wildman–Crippen MR) is 78.7 cm³/mol. The number of aliphatic carboxylic acids is 1. The number of carboxylic acid groups (broad SMARTS) is 1. The molecule has 21 heavy (non-hydrogen) atoms. The molecular formula is C16H26N2O3. The number of fused-ring (bicyclic) bond motifs is 5. The highest BCUT2D eigenvalue weighted by Crippen LogP contribution is 2.65. The van der Waals surface area contributed by atoms with Crippen molar-refractivity contribution in [2.45, 2.75) is 45.6 Å². The molecule has 3 saturated carbocycles. The summed E-state index contributed by atoms with van der Waals surface area (Å²) in [5.41, 5.74) is 0. The molecule has 118 valence electrons. The number of nitrogens with one attached hydrogen (secondary N) is 2. The second-order valence-electron chi connectivity index (χ2n) is 7.53. The average molecular weight is 294 g/mol. The summed E-state index contributed by atoms with van der Waals surface area (Å²) in [6, 6.07) is 0.161. The maximum atomic E-state index is 12.0. The minimum absolute atomic E-state index is 0.191. The Hall–Kier alpha value is -1.26. The van der Waals surface area contributed by atoms with Crippen molar-refractivity contribution in [3.8, 4) is 0 Å². The topological polar surface area (TPSA) is 78.4 Å². The number of carbonyl (C=O) groups excluding carboxylic acids is 1. The van der Waals surface area contributed by atoms with Crippen LogP contribution >= 0.6 is 0 Å². The number of urea groups is 1. The van der Waals surface area contributed by atoms with Gasteiger partial charge in [-0.1, -0.05) is 13.8 Å². The monoisotopic (exact) mass is 294 g/mol. The van der Waals surface area contributed by atoms with Gasteiger partial charge in [-0.05, 0) is 55.3 Å². The molecule has 5 nitrogen and oxygen atoms in total. The number of rotatable bonds is 6. The van der Waals surface area contributed by atoms with Crippen LogP contribution in [-0.4, -0.2) is 29.7 Å². The lowest BCUT2D eigenvalue weighted by molar-refractivity contribution is -0.142. The van der Waals surface area contributed by atoms with Crippen LogP contribution in [0.2, 0.25) is 0 Å². The van der Waals surface area contributed by atoms with Gasteiger partial charge in [-0.3, -0.25) is 4.79 Å². The largest absolute Gasteiger partial charge is 0.481 e. The molecule has 2 bridgehead atoms. The lowest BCUT2D eigenvalue weighted by atomic mass is 9.97. The van der Waals surface area contributed by atoms with Crippen LogP contribution in [0.15, 0.2) is 0 Å². The first kappa shape index (κ1) is 14.7. The molecule has 3 aliphatic rings. The molecule has 3 aliphatic carbocycles. The molecule has 3 N–H and O–H groups in total. The van der Waals surface area contributed by atoms with Gasteiger partial charge in [0, 0.05) is 12.6 Å². The van der Waals surface area contributed by atoms with Crippen LogP contribution in [-0.2, 0) is 4.79 Å². The summed E-state index contributed by atoms with van der Waals surface area (Å²) in [5.74, 6) is 2.07. The highest BCUT2D eigenvalue weighted by molar-refractivity contribution is 5.76. The van der Waals surface area contributed by atoms with Crippen LogP contribution in [0.5, 0.6) is 0 Å². The summed E-state index contributed by atoms with van der Waals surface area (Å²) < 4.78 is 0. The lowest BCUT2D eigenvalue weighted by Crippen LogP contribution is -2.42. The van der Waals surface area contributed by atoms with Crippen molar-refractivity contribution in [1.29, 1.82) is 0 Å². The Morgan fingerprint density at radius 1 is 1.19 bits per heavy atom. The number of hydrogen-bond donors (Lipinski definition) is 3. The fourth-order valence-electron chi connectivity index (χ4n) is 4.78. The van der Waals surface area contributed by atoms with Crippen molar-refractivity contribution in [3.05, 3.63) is 0 Å². The second kappa shape index (κ2) is 5.50. The van der Waals surface area contributed by atoms with Crippen LogP contribution in [0.4, 0.5) is 4.79 Å². The zero-order valence-corrected chi connectivity index (χ0v) is 12.8. The van der Waals surface area contributed by atoms with Gasteiger partial charge in [0.1, 0.15) is 0 Å². The summed E-state index contributed by atoms with van der Waals surface area (Å²) in [6.45, 7) is 4.21. The molecule has 2 amide bonds. The zero-order chi connectivity index (χ0) is 15.1. The number of carbonyl (C=O) groups is 2. The smallest absolute Gasteiger partial charge is 0.315 e. The van der Waals surface area contributed by atoms with Crippen molar-refractivity contribution >= 4 is 12.0 Å². The summed E-state index contributed by atoms with van der Waals surface area (Å²) in [6.07, 6.45) is 4.63. The van der Waals surface area contributed by atoms with Crippen LogP contribution in [0, 0.1) is 35.5 Å². The fourth-order valence-corrected chi connectivity index (χ4v) is 4.78. The summed E-state index contributed by atoms with van der Waals surface area (Å²) in [4.78, 5) is 23.1. The molecule has 0 radical (unpaired) electrons. The van der Waals surface area contributed by atoms with E-state index in [4.69, 9.17) is 5.11 Å². The van der Waals surface area contributed by atoms with Crippen molar-refractivity contribution in [2.24, 2.45) is 35.5 Å². The molecule has 5 unspecified atom stereocenters. The quantitative estimate of drug-likeness (QED) is 0.702. The molecule has 0 aromatic heterocycles. The second-order valence-corrected chi connectivity index (χ2v) is 7.53. The number of amides is 2. The molecule has 0 aromatic rings. The molecule has 3 fully saturated rings. The van der Waals surface area contributed by atoms with E-state index in [1.807, 2.05) is 13.8 Å². The standard InChI is InChI=1S/C16H26N2O3/c1-8(2)5-11(15(19)20)7-17-16(21)18-14-12-9-3-4-10(6-9)13(12)14/h8-14H,3-7H2,1-2H3,(H,19,20)(H2,17,18,21). The molecule has 0 spiro atoms. The van der Waals surface area contributed by atoms with E-state index in [9.17, 15) is 9.59 Å². The van der Waals surface area contributed by atoms with Crippen molar-refractivity contribution in [3.63, 3.8) is 0 Å². The third-order valence-corrected chi connectivity index (χ3v) is 5.65. The molecule has 3 rings (SSSR count). The first-order valence-corrected chi connectivity index (χ1v) is 8.24. The highest BCUT2D eigenvalue weighted by Gasteiger charge is 2.65. The first-order valence-electron chi connectivity index (χ1n) is 8.24. The van der Waals surface area contributed by atoms with Gasteiger partial charge in [-0.25, -0.2) is 4.79 Å². The normalized spacial score (nSPS) is 37.2. The molecule has 0 aliphatic heterocycles. The van der Waals surface area contributed by atoms with Gasteiger partial charge in [0.05, 0.1) is 5.92 Å². The van der Waals surface area contributed by atoms with E-state index in [2.05, 4.69) is 10.6 Å². The first-order chi connectivity index (χ1) is 9.97. The average Bonchev–Trinajstić information content (AvgIpc) is 2.82. The molecule has 5 heteroatoms. The fraction of sp³-hybridized carbons (Fsp3) is 0.875. The van der Waals surface area contributed by atoms with Crippen molar-refractivity contribution in [1.82, 2.24) is 10.6 Å². The predicted octanol–water partition coefficient (Wildman–Crippen LogP) is 2.08. The Balaban J connectivity index is 1.42. The van der Waals surface area contributed by atoms with Crippen LogP contribution in [0.1, 0.15) is 39.5 Å². The van der Waals surface area contributed by atoms with E-state index in [-0.39, 0.29) is 12.6 Å². The number of carboxylic acids is 1. The summed E-state index contributed by atoms with van der Waals surface area (Å²) in [5, 5.41) is 15.0. The lowest BCUT2D eigenvalue weighted by Gasteiger charge is -2.16. The minimum Gasteiger partial charge on any atom is -0.481 e. The molecule has 0 aromatic carbocycles. The molecule has 0 heterocycles. The van der Waals surface area contributed by atoms with Crippen molar-refractivity contribution in [2.75, 3.05) is 6.54 Å². The maximum Gasteiger partial charge on any atom is 0.315 e.